The van der Waals surface area contributed by atoms with Crippen LogP contribution in [-0.2, 0) is 6.42 Å². The molecule has 2 rings (SSSR count). The van der Waals surface area contributed by atoms with Gasteiger partial charge in [0.15, 0.2) is 0 Å². The molecule has 0 aliphatic carbocycles. The van der Waals surface area contributed by atoms with Crippen molar-refractivity contribution >= 4 is 5.84 Å². The molecule has 1 radical (unpaired) electrons. The van der Waals surface area contributed by atoms with E-state index in [2.05, 4.69) is 13.0 Å². The predicted octanol–water partition coefficient (Wildman–Crippen LogP) is 2.74. The molecule has 0 fully saturated rings. The summed E-state index contributed by atoms with van der Waals surface area (Å²) in [6.45, 7) is 4.01. The van der Waals surface area contributed by atoms with E-state index in [1.807, 2.05) is 42.5 Å². The number of amidine groups is 1. The van der Waals surface area contributed by atoms with E-state index < -0.39 is 0 Å². The Morgan fingerprint density at radius 1 is 1.06 bits per heavy atom. The SMILES string of the molecule is [CH2]c1ccccc1Cc1ccc(C(=N)N)cc1. The molecule has 0 amide bonds. The van der Waals surface area contributed by atoms with Crippen molar-refractivity contribution in [2.24, 2.45) is 5.73 Å². The first-order chi connectivity index (χ1) is 8.16. The van der Waals surface area contributed by atoms with E-state index >= 15 is 0 Å². The zero-order chi connectivity index (χ0) is 12.3. The highest BCUT2D eigenvalue weighted by Crippen LogP contribution is 2.14. The van der Waals surface area contributed by atoms with Crippen molar-refractivity contribution in [1.82, 2.24) is 0 Å². The molecule has 0 aromatic heterocycles. The van der Waals surface area contributed by atoms with Gasteiger partial charge in [-0.05, 0) is 30.0 Å². The molecule has 0 heterocycles. The minimum absolute atomic E-state index is 0.106. The molecule has 2 nitrogen and oxygen atoms in total. The Morgan fingerprint density at radius 2 is 1.71 bits per heavy atom. The molecular formula is C15H15N2. The smallest absolute Gasteiger partial charge is 0.122 e. The van der Waals surface area contributed by atoms with E-state index in [4.69, 9.17) is 11.1 Å². The Morgan fingerprint density at radius 3 is 2.29 bits per heavy atom. The number of nitrogens with one attached hydrogen (secondary N) is 1. The predicted molar refractivity (Wildman–Crippen MR) is 71.2 cm³/mol. The minimum Gasteiger partial charge on any atom is -0.384 e. The van der Waals surface area contributed by atoms with Crippen molar-refractivity contribution in [3.8, 4) is 0 Å². The third-order valence-electron chi connectivity index (χ3n) is 2.78. The average molecular weight is 223 g/mol. The highest BCUT2D eigenvalue weighted by molar-refractivity contribution is 5.94. The van der Waals surface area contributed by atoms with Crippen molar-refractivity contribution in [2.45, 2.75) is 6.42 Å². The van der Waals surface area contributed by atoms with Crippen LogP contribution in [-0.4, -0.2) is 5.84 Å². The molecule has 0 saturated heterocycles. The van der Waals surface area contributed by atoms with Gasteiger partial charge in [0.2, 0.25) is 0 Å². The molecule has 0 spiro atoms. The van der Waals surface area contributed by atoms with Crippen molar-refractivity contribution in [3.05, 3.63) is 77.7 Å². The van der Waals surface area contributed by atoms with Gasteiger partial charge in [0.05, 0.1) is 0 Å². The van der Waals surface area contributed by atoms with Crippen molar-refractivity contribution in [1.29, 1.82) is 5.41 Å². The Balaban J connectivity index is 2.20. The third kappa shape index (κ3) is 2.72. The van der Waals surface area contributed by atoms with E-state index in [1.165, 1.54) is 11.1 Å². The summed E-state index contributed by atoms with van der Waals surface area (Å²) in [6, 6.07) is 15.9. The van der Waals surface area contributed by atoms with Gasteiger partial charge in [-0.15, -0.1) is 0 Å². The number of nitrogen functional groups attached to an aromatic ring is 1. The van der Waals surface area contributed by atoms with Gasteiger partial charge < -0.3 is 5.73 Å². The van der Waals surface area contributed by atoms with Crippen LogP contribution < -0.4 is 5.73 Å². The summed E-state index contributed by atoms with van der Waals surface area (Å²) < 4.78 is 0. The van der Waals surface area contributed by atoms with Gasteiger partial charge in [0.1, 0.15) is 5.84 Å². The van der Waals surface area contributed by atoms with Crippen LogP contribution in [0.4, 0.5) is 0 Å². The van der Waals surface area contributed by atoms with E-state index in [9.17, 15) is 0 Å². The highest BCUT2D eigenvalue weighted by atomic mass is 14.7. The standard InChI is InChI=1S/C15H15N2/c1-11-4-2-3-5-14(11)10-12-6-8-13(9-7-12)15(16)17/h2-9H,1,10H2,(H3,16,17). The fourth-order valence-corrected chi connectivity index (χ4v) is 1.75. The number of benzene rings is 2. The maximum atomic E-state index is 7.33. The molecule has 0 unspecified atom stereocenters. The zero-order valence-electron chi connectivity index (χ0n) is 9.61. The van der Waals surface area contributed by atoms with Crippen molar-refractivity contribution in [2.75, 3.05) is 0 Å². The lowest BCUT2D eigenvalue weighted by Gasteiger charge is -2.06. The van der Waals surface area contributed by atoms with Crippen molar-refractivity contribution < 1.29 is 0 Å². The zero-order valence-corrected chi connectivity index (χ0v) is 9.61. The van der Waals surface area contributed by atoms with E-state index in [1.54, 1.807) is 0 Å². The topological polar surface area (TPSA) is 49.9 Å². The van der Waals surface area contributed by atoms with Crippen LogP contribution in [0.25, 0.3) is 0 Å². The van der Waals surface area contributed by atoms with Crippen LogP contribution in [0.1, 0.15) is 22.3 Å². The first-order valence-corrected chi connectivity index (χ1v) is 5.50. The Kier molecular flexibility index (Phi) is 3.24. The second kappa shape index (κ2) is 4.83. The van der Waals surface area contributed by atoms with E-state index in [0.717, 1.165) is 17.5 Å². The summed E-state index contributed by atoms with van der Waals surface area (Å²) in [5.74, 6) is 0.106. The molecule has 0 bridgehead atoms. The third-order valence-corrected chi connectivity index (χ3v) is 2.78. The van der Waals surface area contributed by atoms with Gasteiger partial charge in [0, 0.05) is 5.56 Å². The quantitative estimate of drug-likeness (QED) is 0.610. The lowest BCUT2D eigenvalue weighted by Crippen LogP contribution is -2.10. The summed E-state index contributed by atoms with van der Waals surface area (Å²) in [7, 11) is 0. The molecule has 0 aliphatic heterocycles. The van der Waals surface area contributed by atoms with Gasteiger partial charge in [-0.25, -0.2) is 0 Å². The molecule has 2 aromatic carbocycles. The second-order valence-electron chi connectivity index (χ2n) is 4.06. The summed E-state index contributed by atoms with van der Waals surface area (Å²) in [5, 5.41) is 7.33. The Hall–Kier alpha value is -2.09. The molecular weight excluding hydrogens is 208 g/mol. The van der Waals surface area contributed by atoms with Gasteiger partial charge in [0.25, 0.3) is 0 Å². The van der Waals surface area contributed by atoms with Crippen LogP contribution in [0.15, 0.2) is 48.5 Å². The maximum absolute atomic E-state index is 7.33. The summed E-state index contributed by atoms with van der Waals surface area (Å²) >= 11 is 0. The molecule has 85 valence electrons. The second-order valence-corrected chi connectivity index (χ2v) is 4.06. The number of nitrogens with two attached hydrogens (primary N) is 1. The van der Waals surface area contributed by atoms with Crippen molar-refractivity contribution in [3.63, 3.8) is 0 Å². The fourth-order valence-electron chi connectivity index (χ4n) is 1.75. The number of rotatable bonds is 3. The van der Waals surface area contributed by atoms with Crippen LogP contribution in [0.5, 0.6) is 0 Å². The molecule has 0 atom stereocenters. The van der Waals surface area contributed by atoms with Crippen LogP contribution in [0.2, 0.25) is 0 Å². The van der Waals surface area contributed by atoms with Gasteiger partial charge >= 0.3 is 0 Å². The summed E-state index contributed by atoms with van der Waals surface area (Å²) in [6.07, 6.45) is 0.859. The van der Waals surface area contributed by atoms with Crippen LogP contribution in [0, 0.1) is 12.3 Å². The van der Waals surface area contributed by atoms with Crippen LogP contribution in [0.3, 0.4) is 0 Å². The first kappa shape index (κ1) is 11.4. The maximum Gasteiger partial charge on any atom is 0.122 e. The number of hydrogen-bond acceptors (Lipinski definition) is 1. The Bertz CT molecular complexity index is 527. The number of hydrogen-bond donors (Lipinski definition) is 2. The molecule has 3 N–H and O–H groups in total. The molecule has 17 heavy (non-hydrogen) atoms. The Labute approximate surface area is 102 Å². The fraction of sp³-hybridized carbons (Fsp3) is 0.0667. The highest BCUT2D eigenvalue weighted by Gasteiger charge is 2.00. The molecule has 2 aromatic rings. The van der Waals surface area contributed by atoms with Gasteiger partial charge in [-0.2, -0.15) is 0 Å². The van der Waals surface area contributed by atoms with Gasteiger partial charge in [-0.1, -0.05) is 48.5 Å². The van der Waals surface area contributed by atoms with E-state index in [-0.39, 0.29) is 5.84 Å². The van der Waals surface area contributed by atoms with Gasteiger partial charge in [-0.3, -0.25) is 5.41 Å². The summed E-state index contributed by atoms with van der Waals surface area (Å²) in [5.41, 5.74) is 9.66. The lowest BCUT2D eigenvalue weighted by atomic mass is 10.00. The van der Waals surface area contributed by atoms with Crippen LogP contribution >= 0.6 is 0 Å². The first-order valence-electron chi connectivity index (χ1n) is 5.50. The lowest BCUT2D eigenvalue weighted by molar-refractivity contribution is 1.18. The van der Waals surface area contributed by atoms with E-state index in [0.29, 0.717) is 0 Å². The summed E-state index contributed by atoms with van der Waals surface area (Å²) in [4.78, 5) is 0. The molecule has 0 saturated carbocycles. The monoisotopic (exact) mass is 223 g/mol. The largest absolute Gasteiger partial charge is 0.384 e. The molecule has 2 heteroatoms. The minimum atomic E-state index is 0.106. The average Bonchev–Trinajstić information content (AvgIpc) is 2.33. The molecule has 0 aliphatic rings. The normalized spacial score (nSPS) is 10.2.